The number of hydrogen-bond acceptors (Lipinski definition) is 7. The van der Waals surface area contributed by atoms with Crippen molar-refractivity contribution in [2.75, 3.05) is 31.7 Å². The molecule has 0 radical (unpaired) electrons. The van der Waals surface area contributed by atoms with Gasteiger partial charge in [0, 0.05) is 13.5 Å². The summed E-state index contributed by atoms with van der Waals surface area (Å²) in [7, 11) is 1.68. The Labute approximate surface area is 166 Å². The third kappa shape index (κ3) is 3.10. The molecule has 0 aromatic heterocycles. The maximum absolute atomic E-state index is 5.84. The van der Waals surface area contributed by atoms with Crippen molar-refractivity contribution in [2.24, 2.45) is 10.1 Å². The lowest BCUT2D eigenvalue weighted by Crippen LogP contribution is -2.47. The van der Waals surface area contributed by atoms with Gasteiger partial charge in [-0.2, -0.15) is 0 Å². The van der Waals surface area contributed by atoms with Crippen molar-refractivity contribution >= 4 is 46.5 Å². The number of oxime groups is 1. The zero-order chi connectivity index (χ0) is 18.3. The highest BCUT2D eigenvalue weighted by Gasteiger charge is 2.43. The molecule has 1 unspecified atom stereocenters. The average Bonchev–Trinajstić information content (AvgIpc) is 3.19. The molecule has 0 bridgehead atoms. The number of alkyl halides is 1. The van der Waals surface area contributed by atoms with Crippen molar-refractivity contribution < 1.29 is 14.3 Å². The van der Waals surface area contributed by atoms with E-state index in [-0.39, 0.29) is 0 Å². The standard InChI is InChI=1S/C18H21IN4O3/c1-12-10-22(11-20-12)14-5-4-13(8-15(14)24-3)9-16-17-21-26-18(2,19)23(17)6-7-25-16/h4-5,8-9,11-12H,6-7,10H2,1-3H3/b16-9+/t12?,18-/m1/s1. The van der Waals surface area contributed by atoms with Gasteiger partial charge in [0.25, 0.3) is 3.73 Å². The van der Waals surface area contributed by atoms with Crippen molar-refractivity contribution in [3.05, 3.63) is 29.5 Å². The lowest BCUT2D eigenvalue weighted by atomic mass is 10.1. The van der Waals surface area contributed by atoms with Crippen molar-refractivity contribution in [3.63, 3.8) is 0 Å². The molecule has 3 aliphatic rings. The van der Waals surface area contributed by atoms with E-state index in [0.29, 0.717) is 18.4 Å². The molecule has 3 heterocycles. The van der Waals surface area contributed by atoms with E-state index in [0.717, 1.165) is 35.9 Å². The maximum Gasteiger partial charge on any atom is 0.258 e. The number of rotatable bonds is 3. The fraction of sp³-hybridized carbons (Fsp3) is 0.444. The minimum Gasteiger partial charge on any atom is -0.495 e. The van der Waals surface area contributed by atoms with Crippen LogP contribution in [0.25, 0.3) is 6.08 Å². The number of hydrogen-bond donors (Lipinski definition) is 0. The number of nitrogens with zero attached hydrogens (tertiary/aromatic N) is 4. The van der Waals surface area contributed by atoms with E-state index in [9.17, 15) is 0 Å². The molecule has 1 aromatic rings. The van der Waals surface area contributed by atoms with Gasteiger partial charge in [-0.25, -0.2) is 0 Å². The molecule has 4 rings (SSSR count). The van der Waals surface area contributed by atoms with Crippen LogP contribution < -0.4 is 9.64 Å². The first-order chi connectivity index (χ1) is 12.5. The Morgan fingerprint density at radius 2 is 2.27 bits per heavy atom. The van der Waals surface area contributed by atoms with Crippen molar-refractivity contribution in [1.29, 1.82) is 0 Å². The van der Waals surface area contributed by atoms with Gasteiger partial charge in [0.1, 0.15) is 12.4 Å². The minimum atomic E-state index is -0.469. The number of aliphatic imine (C=N–C) groups is 1. The normalized spacial score (nSPS) is 28.7. The van der Waals surface area contributed by atoms with Gasteiger partial charge in [0.2, 0.25) is 5.84 Å². The van der Waals surface area contributed by atoms with E-state index in [2.05, 4.69) is 49.5 Å². The Kier molecular flexibility index (Phi) is 4.45. The summed E-state index contributed by atoms with van der Waals surface area (Å²) in [6.07, 6.45) is 3.84. The molecule has 3 aliphatic heterocycles. The van der Waals surface area contributed by atoms with Crippen LogP contribution in [0.1, 0.15) is 19.4 Å². The molecular formula is C18H21IN4O3. The monoisotopic (exact) mass is 468 g/mol. The highest BCUT2D eigenvalue weighted by atomic mass is 127. The van der Waals surface area contributed by atoms with Crippen LogP contribution in [0.15, 0.2) is 34.1 Å². The van der Waals surface area contributed by atoms with E-state index in [1.54, 1.807) is 7.11 Å². The molecule has 138 valence electrons. The van der Waals surface area contributed by atoms with E-state index in [1.165, 1.54) is 0 Å². The second-order valence-electron chi connectivity index (χ2n) is 6.58. The van der Waals surface area contributed by atoms with Crippen LogP contribution in [0, 0.1) is 0 Å². The Balaban J connectivity index is 1.62. The summed E-state index contributed by atoms with van der Waals surface area (Å²) >= 11 is 2.25. The molecular weight excluding hydrogens is 447 g/mol. The van der Waals surface area contributed by atoms with E-state index >= 15 is 0 Å². The van der Waals surface area contributed by atoms with Gasteiger partial charge < -0.3 is 19.2 Å². The second kappa shape index (κ2) is 6.64. The van der Waals surface area contributed by atoms with Gasteiger partial charge in [-0.1, -0.05) is 11.2 Å². The number of halogens is 1. The Hall–Kier alpha value is -1.97. The van der Waals surface area contributed by atoms with Crippen LogP contribution in [0.2, 0.25) is 0 Å². The van der Waals surface area contributed by atoms with E-state index in [1.807, 2.05) is 37.5 Å². The number of anilines is 1. The van der Waals surface area contributed by atoms with Gasteiger partial charge in [0.05, 0.1) is 31.7 Å². The Morgan fingerprint density at radius 1 is 1.42 bits per heavy atom. The maximum atomic E-state index is 5.84. The van der Waals surface area contributed by atoms with Gasteiger partial charge >= 0.3 is 0 Å². The molecule has 0 saturated carbocycles. The van der Waals surface area contributed by atoms with Crippen LogP contribution in [-0.4, -0.2) is 53.7 Å². The number of fused-ring (bicyclic) bond motifs is 1. The van der Waals surface area contributed by atoms with Crippen LogP contribution in [0.4, 0.5) is 5.69 Å². The van der Waals surface area contributed by atoms with Crippen LogP contribution in [0.5, 0.6) is 5.75 Å². The molecule has 2 atom stereocenters. The summed E-state index contributed by atoms with van der Waals surface area (Å²) in [5.74, 6) is 2.25. The molecule has 1 fully saturated rings. The van der Waals surface area contributed by atoms with Crippen molar-refractivity contribution in [1.82, 2.24) is 4.90 Å². The fourth-order valence-corrected chi connectivity index (χ4v) is 3.79. The smallest absolute Gasteiger partial charge is 0.258 e. The first-order valence-corrected chi connectivity index (χ1v) is 9.61. The molecule has 26 heavy (non-hydrogen) atoms. The summed E-state index contributed by atoms with van der Waals surface area (Å²) in [4.78, 5) is 14.2. The zero-order valence-electron chi connectivity index (χ0n) is 15.0. The quantitative estimate of drug-likeness (QED) is 0.388. The molecule has 1 aromatic carbocycles. The average molecular weight is 468 g/mol. The van der Waals surface area contributed by atoms with Gasteiger partial charge in [-0.15, -0.1) is 0 Å². The summed E-state index contributed by atoms with van der Waals surface area (Å²) < 4.78 is 11.0. The summed E-state index contributed by atoms with van der Waals surface area (Å²) in [5.41, 5.74) is 1.99. The predicted octanol–water partition coefficient (Wildman–Crippen LogP) is 3.06. The van der Waals surface area contributed by atoms with E-state index < -0.39 is 3.73 Å². The van der Waals surface area contributed by atoms with Gasteiger partial charge in [0.15, 0.2) is 5.76 Å². The topological polar surface area (TPSA) is 58.9 Å². The molecule has 8 heteroatoms. The number of morpholine rings is 1. The SMILES string of the molecule is COc1cc(/C=C2/OCCN3C2=NO[C@]3(C)I)ccc1N1C=NC(C)C1. The molecule has 0 amide bonds. The number of ether oxygens (including phenoxy) is 2. The lowest BCUT2D eigenvalue weighted by Gasteiger charge is -2.33. The summed E-state index contributed by atoms with van der Waals surface area (Å²) in [6, 6.07) is 6.39. The van der Waals surface area contributed by atoms with E-state index in [4.69, 9.17) is 14.3 Å². The first-order valence-electron chi connectivity index (χ1n) is 8.53. The van der Waals surface area contributed by atoms with Crippen molar-refractivity contribution in [2.45, 2.75) is 23.6 Å². The molecule has 1 saturated heterocycles. The van der Waals surface area contributed by atoms with Crippen LogP contribution in [0.3, 0.4) is 0 Å². The number of methoxy groups -OCH3 is 1. The molecule has 7 nitrogen and oxygen atoms in total. The van der Waals surface area contributed by atoms with Gasteiger partial charge in [-0.3, -0.25) is 9.89 Å². The third-order valence-electron chi connectivity index (χ3n) is 4.56. The Morgan fingerprint density at radius 3 is 3.00 bits per heavy atom. The highest BCUT2D eigenvalue weighted by Crippen LogP contribution is 2.36. The van der Waals surface area contributed by atoms with Crippen LogP contribution in [-0.2, 0) is 9.57 Å². The zero-order valence-corrected chi connectivity index (χ0v) is 17.1. The molecule has 0 aliphatic carbocycles. The number of amidine groups is 1. The largest absolute Gasteiger partial charge is 0.495 e. The minimum absolute atomic E-state index is 0.297. The highest BCUT2D eigenvalue weighted by molar-refractivity contribution is 14.1. The summed E-state index contributed by atoms with van der Waals surface area (Å²) in [5, 5.41) is 4.20. The molecule has 0 N–H and O–H groups in total. The lowest BCUT2D eigenvalue weighted by molar-refractivity contribution is -0.00110. The second-order valence-corrected chi connectivity index (χ2v) is 8.58. The first kappa shape index (κ1) is 17.4. The Bertz CT molecular complexity index is 806. The predicted molar refractivity (Wildman–Crippen MR) is 110 cm³/mol. The fourth-order valence-electron chi connectivity index (χ4n) is 3.22. The number of benzene rings is 1. The third-order valence-corrected chi connectivity index (χ3v) is 5.34. The summed E-state index contributed by atoms with van der Waals surface area (Å²) in [6.45, 7) is 6.30. The van der Waals surface area contributed by atoms with Crippen molar-refractivity contribution in [3.8, 4) is 5.75 Å². The van der Waals surface area contributed by atoms with Gasteiger partial charge in [-0.05, 0) is 53.3 Å². The molecule has 0 spiro atoms. The van der Waals surface area contributed by atoms with Crippen LogP contribution >= 0.6 is 22.6 Å².